The minimum absolute atomic E-state index is 0.0643. The van der Waals surface area contributed by atoms with E-state index < -0.39 is 22.5 Å². The van der Waals surface area contributed by atoms with Gasteiger partial charge in [0.05, 0.1) is 4.90 Å². The summed E-state index contributed by atoms with van der Waals surface area (Å²) < 4.78 is 25.3. The van der Waals surface area contributed by atoms with Crippen molar-refractivity contribution in [3.63, 3.8) is 0 Å². The molecule has 0 aliphatic rings. The van der Waals surface area contributed by atoms with Crippen molar-refractivity contribution in [2.24, 2.45) is 0 Å². The van der Waals surface area contributed by atoms with Crippen LogP contribution in [-0.2, 0) is 14.8 Å². The number of benzene rings is 1. The molecule has 0 heterocycles. The molecule has 0 spiro atoms. The second-order valence-corrected chi connectivity index (χ2v) is 6.00. The second-order valence-electron chi connectivity index (χ2n) is 4.06. The maximum Gasteiger partial charge on any atom is 0.318 e. The summed E-state index contributed by atoms with van der Waals surface area (Å²) in [5, 5.41) is 8.75. The lowest BCUT2D eigenvalue weighted by atomic mass is 10.2. The summed E-state index contributed by atoms with van der Waals surface area (Å²) in [4.78, 5) is 21.8. The molecule has 7 heteroatoms. The Balaban J connectivity index is 3.15. The van der Waals surface area contributed by atoms with Crippen LogP contribution in [-0.4, -0.2) is 42.7 Å². The number of carbonyl (C=O) groups is 2. The van der Waals surface area contributed by atoms with Crippen molar-refractivity contribution in [1.82, 2.24) is 4.31 Å². The molecule has 1 aromatic carbocycles. The van der Waals surface area contributed by atoms with Gasteiger partial charge in [-0.2, -0.15) is 4.31 Å². The van der Waals surface area contributed by atoms with E-state index in [0.29, 0.717) is 5.56 Å². The van der Waals surface area contributed by atoms with Crippen molar-refractivity contribution in [3.05, 3.63) is 42.5 Å². The van der Waals surface area contributed by atoms with E-state index in [1.165, 1.54) is 37.3 Å². The van der Waals surface area contributed by atoms with Crippen LogP contribution in [0.5, 0.6) is 0 Å². The molecule has 6 nitrogen and oxygen atoms in total. The van der Waals surface area contributed by atoms with Crippen molar-refractivity contribution >= 4 is 21.8 Å². The fraction of sp³-hybridized carbons (Fsp3) is 0.231. The molecule has 0 saturated carbocycles. The van der Waals surface area contributed by atoms with Crippen molar-refractivity contribution in [1.29, 1.82) is 0 Å². The van der Waals surface area contributed by atoms with Crippen molar-refractivity contribution in [3.8, 4) is 0 Å². The highest BCUT2D eigenvalue weighted by Gasteiger charge is 2.25. The largest absolute Gasteiger partial charge is 0.480 e. The van der Waals surface area contributed by atoms with Crippen LogP contribution in [0.25, 0.3) is 0 Å². The number of Topliss-reactive ketones (excluding diaryl/α,β-unsaturated/α-hetero) is 1. The first-order valence-electron chi connectivity index (χ1n) is 5.73. The summed E-state index contributed by atoms with van der Waals surface area (Å²) >= 11 is 0. The van der Waals surface area contributed by atoms with Crippen LogP contribution >= 0.6 is 0 Å². The molecule has 1 aromatic rings. The third-order valence-electron chi connectivity index (χ3n) is 2.54. The Hall–Kier alpha value is -1.99. The Morgan fingerprint density at radius 2 is 1.85 bits per heavy atom. The van der Waals surface area contributed by atoms with E-state index in [1.54, 1.807) is 0 Å². The Labute approximate surface area is 117 Å². The maximum atomic E-state index is 12.3. The number of hydrogen-bond donors (Lipinski definition) is 1. The van der Waals surface area contributed by atoms with Crippen LogP contribution in [0.4, 0.5) is 0 Å². The van der Waals surface area contributed by atoms with Crippen molar-refractivity contribution in [2.75, 3.05) is 13.1 Å². The second kappa shape index (κ2) is 6.44. The quantitative estimate of drug-likeness (QED) is 0.602. The van der Waals surface area contributed by atoms with E-state index >= 15 is 0 Å². The number of nitrogens with zero attached hydrogens (tertiary/aromatic N) is 1. The van der Waals surface area contributed by atoms with Gasteiger partial charge in [-0.05, 0) is 19.1 Å². The molecule has 108 valence electrons. The number of hydrogen-bond acceptors (Lipinski definition) is 4. The molecule has 20 heavy (non-hydrogen) atoms. The number of carboxylic acid groups (broad SMARTS) is 1. The third-order valence-corrected chi connectivity index (χ3v) is 4.37. The Morgan fingerprint density at radius 1 is 1.30 bits per heavy atom. The third kappa shape index (κ3) is 3.75. The van der Waals surface area contributed by atoms with E-state index in [-0.39, 0.29) is 17.2 Å². The molecular weight excluding hydrogens is 282 g/mol. The van der Waals surface area contributed by atoms with Gasteiger partial charge >= 0.3 is 5.97 Å². The summed E-state index contributed by atoms with van der Waals surface area (Å²) in [6.45, 7) is 4.02. The van der Waals surface area contributed by atoms with Gasteiger partial charge in [-0.15, -0.1) is 6.58 Å². The van der Waals surface area contributed by atoms with Crippen LogP contribution in [0.3, 0.4) is 0 Å². The van der Waals surface area contributed by atoms with E-state index in [9.17, 15) is 18.0 Å². The normalized spacial score (nSPS) is 11.3. The van der Waals surface area contributed by atoms with Gasteiger partial charge in [0.1, 0.15) is 6.54 Å². The molecule has 1 rings (SSSR count). The van der Waals surface area contributed by atoms with Gasteiger partial charge in [-0.3, -0.25) is 9.59 Å². The molecular formula is C13H15NO5S. The fourth-order valence-corrected chi connectivity index (χ4v) is 2.91. The highest BCUT2D eigenvalue weighted by Crippen LogP contribution is 2.16. The van der Waals surface area contributed by atoms with Crippen LogP contribution < -0.4 is 0 Å². The molecule has 0 aliphatic heterocycles. The lowest BCUT2D eigenvalue weighted by molar-refractivity contribution is -0.137. The zero-order chi connectivity index (χ0) is 15.3. The SMILES string of the molecule is C=CCN(CC(=O)O)S(=O)(=O)c1ccc(C(C)=O)cc1. The van der Waals surface area contributed by atoms with Gasteiger partial charge in [0, 0.05) is 12.1 Å². The smallest absolute Gasteiger partial charge is 0.318 e. The lowest BCUT2D eigenvalue weighted by Gasteiger charge is -2.18. The van der Waals surface area contributed by atoms with Gasteiger partial charge in [0.2, 0.25) is 10.0 Å². The van der Waals surface area contributed by atoms with E-state index in [4.69, 9.17) is 5.11 Å². The molecule has 0 aliphatic carbocycles. The first kappa shape index (κ1) is 16.1. The fourth-order valence-electron chi connectivity index (χ4n) is 1.55. The molecule has 0 bridgehead atoms. The predicted molar refractivity (Wildman–Crippen MR) is 73.0 cm³/mol. The van der Waals surface area contributed by atoms with Crippen molar-refractivity contribution < 1.29 is 23.1 Å². The Bertz CT molecular complexity index is 619. The van der Waals surface area contributed by atoms with Crippen LogP contribution in [0.15, 0.2) is 41.8 Å². The minimum atomic E-state index is -3.93. The summed E-state index contributed by atoms with van der Waals surface area (Å²) in [5.41, 5.74) is 0.387. The lowest BCUT2D eigenvalue weighted by Crippen LogP contribution is -2.35. The first-order chi connectivity index (χ1) is 9.28. The Morgan fingerprint density at radius 3 is 2.25 bits per heavy atom. The van der Waals surface area contributed by atoms with Gasteiger partial charge in [-0.25, -0.2) is 8.42 Å². The summed E-state index contributed by atoms with van der Waals surface area (Å²) in [6.07, 6.45) is 1.31. The predicted octanol–water partition coefficient (Wildman–Crippen LogP) is 1.15. The maximum absolute atomic E-state index is 12.3. The molecule has 0 amide bonds. The number of carbonyl (C=O) groups excluding carboxylic acids is 1. The number of rotatable bonds is 7. The summed E-state index contributed by atoms with van der Waals surface area (Å²) in [7, 11) is -3.93. The number of carboxylic acids is 1. The Kier molecular flexibility index (Phi) is 5.18. The average molecular weight is 297 g/mol. The van der Waals surface area contributed by atoms with E-state index in [2.05, 4.69) is 6.58 Å². The molecule has 0 fully saturated rings. The molecule has 0 saturated heterocycles. The van der Waals surface area contributed by atoms with Gasteiger partial charge in [0.25, 0.3) is 0 Å². The van der Waals surface area contributed by atoms with E-state index in [0.717, 1.165) is 4.31 Å². The zero-order valence-electron chi connectivity index (χ0n) is 10.9. The zero-order valence-corrected chi connectivity index (χ0v) is 11.8. The molecule has 1 N–H and O–H groups in total. The highest BCUT2D eigenvalue weighted by molar-refractivity contribution is 7.89. The average Bonchev–Trinajstić information content (AvgIpc) is 2.37. The van der Waals surface area contributed by atoms with E-state index in [1.807, 2.05) is 0 Å². The number of ketones is 1. The highest BCUT2D eigenvalue weighted by atomic mass is 32.2. The van der Waals surface area contributed by atoms with Crippen molar-refractivity contribution in [2.45, 2.75) is 11.8 Å². The molecule has 0 atom stereocenters. The minimum Gasteiger partial charge on any atom is -0.480 e. The summed E-state index contributed by atoms with van der Waals surface area (Å²) in [6, 6.07) is 5.35. The molecule has 0 aromatic heterocycles. The number of aliphatic carboxylic acids is 1. The summed E-state index contributed by atoms with van der Waals surface area (Å²) in [5.74, 6) is -1.43. The molecule has 0 radical (unpaired) electrons. The van der Waals surface area contributed by atoms with Crippen LogP contribution in [0.2, 0.25) is 0 Å². The van der Waals surface area contributed by atoms with Crippen LogP contribution in [0.1, 0.15) is 17.3 Å². The van der Waals surface area contributed by atoms with Gasteiger partial charge in [-0.1, -0.05) is 18.2 Å². The van der Waals surface area contributed by atoms with Crippen LogP contribution in [0, 0.1) is 0 Å². The first-order valence-corrected chi connectivity index (χ1v) is 7.17. The van der Waals surface area contributed by atoms with Gasteiger partial charge < -0.3 is 5.11 Å². The topological polar surface area (TPSA) is 91.8 Å². The standard InChI is InChI=1S/C13H15NO5S/c1-3-8-14(9-13(16)17)20(18,19)12-6-4-11(5-7-12)10(2)15/h3-7H,1,8-9H2,2H3,(H,16,17). The monoisotopic (exact) mass is 297 g/mol. The van der Waals surface area contributed by atoms with Gasteiger partial charge in [0.15, 0.2) is 5.78 Å². The molecule has 0 unspecified atom stereocenters. The number of sulfonamides is 1.